The lowest BCUT2D eigenvalue weighted by Crippen LogP contribution is -2.05. The third-order valence-corrected chi connectivity index (χ3v) is 3.91. The Kier molecular flexibility index (Phi) is 4.13. The molecule has 0 aliphatic carbocycles. The topological polar surface area (TPSA) is 81.1 Å². The number of aromatic nitrogens is 1. The second-order valence-electron chi connectivity index (χ2n) is 4.42. The molecule has 6 heteroatoms. The quantitative estimate of drug-likeness (QED) is 0.320. The van der Waals surface area contributed by atoms with Crippen LogP contribution in [0.3, 0.4) is 0 Å². The number of benzene rings is 2. The molecule has 0 amide bonds. The lowest BCUT2D eigenvalue weighted by molar-refractivity contribution is 0.561. The molecular formula is C16H13N3O2S. The van der Waals surface area contributed by atoms with Crippen molar-refractivity contribution in [2.45, 2.75) is 0 Å². The van der Waals surface area contributed by atoms with Crippen molar-refractivity contribution < 1.29 is 4.42 Å². The highest BCUT2D eigenvalue weighted by molar-refractivity contribution is 7.22. The molecule has 22 heavy (non-hydrogen) atoms. The van der Waals surface area contributed by atoms with Crippen LogP contribution in [0.4, 0.5) is 5.13 Å². The zero-order valence-corrected chi connectivity index (χ0v) is 12.3. The number of para-hydroxylation sites is 2. The number of hydrogen-bond acceptors (Lipinski definition) is 6. The van der Waals surface area contributed by atoms with Gasteiger partial charge in [0, 0.05) is 11.5 Å². The molecule has 5 nitrogen and oxygen atoms in total. The van der Waals surface area contributed by atoms with Crippen LogP contribution in [0.1, 0.15) is 0 Å². The van der Waals surface area contributed by atoms with Crippen LogP contribution in [0.2, 0.25) is 0 Å². The Morgan fingerprint density at radius 3 is 2.59 bits per heavy atom. The van der Waals surface area contributed by atoms with Crippen molar-refractivity contribution in [3.63, 3.8) is 0 Å². The fourth-order valence-electron chi connectivity index (χ4n) is 1.95. The molecule has 0 bridgehead atoms. The molecule has 4 aromatic rings. The van der Waals surface area contributed by atoms with Gasteiger partial charge in [0.15, 0.2) is 5.13 Å². The molecule has 0 aliphatic rings. The minimum Gasteiger partial charge on any atom is -0.423 e. The number of rotatable bonds is 1. The molecule has 0 spiro atoms. The van der Waals surface area contributed by atoms with Gasteiger partial charge in [0.05, 0.1) is 10.2 Å². The van der Waals surface area contributed by atoms with Crippen LogP contribution in [0.15, 0.2) is 69.9 Å². The lowest BCUT2D eigenvalue weighted by atomic mass is 10.2. The monoisotopic (exact) mass is 311 g/mol. The van der Waals surface area contributed by atoms with Gasteiger partial charge in [0.1, 0.15) is 5.58 Å². The van der Waals surface area contributed by atoms with Crippen LogP contribution < -0.4 is 16.9 Å². The molecule has 0 radical (unpaired) electrons. The number of nitrogens with one attached hydrogen (secondary N) is 1. The maximum Gasteiger partial charge on any atom is 0.336 e. The number of nitrogens with two attached hydrogens (primary N) is 1. The number of hydrazine groups is 1. The summed E-state index contributed by atoms with van der Waals surface area (Å²) >= 11 is 1.55. The zero-order valence-electron chi connectivity index (χ0n) is 11.5. The Morgan fingerprint density at radius 2 is 1.77 bits per heavy atom. The number of nitrogen functional groups attached to an aromatic ring is 1. The predicted octanol–water partition coefficient (Wildman–Crippen LogP) is 3.37. The van der Waals surface area contributed by atoms with Crippen molar-refractivity contribution >= 4 is 37.7 Å². The number of nitrogens with zero attached hydrogens (tertiary/aromatic N) is 1. The third kappa shape index (κ3) is 3.13. The fraction of sp³-hybridized carbons (Fsp3) is 0. The van der Waals surface area contributed by atoms with Gasteiger partial charge in [-0.1, -0.05) is 41.7 Å². The molecule has 110 valence electrons. The second-order valence-corrected chi connectivity index (χ2v) is 5.45. The van der Waals surface area contributed by atoms with Crippen LogP contribution in [-0.2, 0) is 0 Å². The van der Waals surface area contributed by atoms with Gasteiger partial charge in [-0.15, -0.1) is 0 Å². The van der Waals surface area contributed by atoms with E-state index in [2.05, 4.69) is 10.4 Å². The largest absolute Gasteiger partial charge is 0.423 e. The van der Waals surface area contributed by atoms with Gasteiger partial charge >= 0.3 is 5.63 Å². The van der Waals surface area contributed by atoms with E-state index in [9.17, 15) is 4.79 Å². The summed E-state index contributed by atoms with van der Waals surface area (Å²) in [5, 5.41) is 1.71. The third-order valence-electron chi connectivity index (χ3n) is 2.95. The maximum atomic E-state index is 10.7. The summed E-state index contributed by atoms with van der Waals surface area (Å²) in [4.78, 5) is 14.9. The van der Waals surface area contributed by atoms with Gasteiger partial charge in [-0.05, 0) is 24.3 Å². The van der Waals surface area contributed by atoms with Crippen molar-refractivity contribution in [1.29, 1.82) is 0 Å². The van der Waals surface area contributed by atoms with Crippen LogP contribution >= 0.6 is 11.3 Å². The molecule has 3 N–H and O–H groups in total. The molecule has 0 atom stereocenters. The second kappa shape index (κ2) is 6.38. The smallest absolute Gasteiger partial charge is 0.336 e. The number of anilines is 1. The Labute approximate surface area is 130 Å². The summed E-state index contributed by atoms with van der Waals surface area (Å²) < 4.78 is 6.06. The normalized spacial score (nSPS) is 10.2. The summed E-state index contributed by atoms with van der Waals surface area (Å²) in [6.45, 7) is 0. The highest BCUT2D eigenvalue weighted by Crippen LogP contribution is 2.24. The Bertz CT molecular complexity index is 929. The molecule has 0 saturated carbocycles. The summed E-state index contributed by atoms with van der Waals surface area (Å²) in [6.07, 6.45) is 0. The average Bonchev–Trinajstić information content (AvgIpc) is 2.98. The molecule has 2 heterocycles. The molecule has 2 aromatic heterocycles. The molecule has 2 aromatic carbocycles. The van der Waals surface area contributed by atoms with E-state index in [4.69, 9.17) is 10.3 Å². The predicted molar refractivity (Wildman–Crippen MR) is 89.9 cm³/mol. The molecule has 0 saturated heterocycles. The number of thiazole rings is 1. The van der Waals surface area contributed by atoms with Gasteiger partial charge < -0.3 is 4.42 Å². The van der Waals surface area contributed by atoms with Gasteiger partial charge in [-0.25, -0.2) is 15.6 Å². The maximum absolute atomic E-state index is 10.7. The first-order valence-electron chi connectivity index (χ1n) is 6.57. The van der Waals surface area contributed by atoms with Gasteiger partial charge in [0.25, 0.3) is 0 Å². The summed E-state index contributed by atoms with van der Waals surface area (Å²) in [5.41, 5.74) is 3.85. The van der Waals surface area contributed by atoms with Gasteiger partial charge in [-0.2, -0.15) is 0 Å². The van der Waals surface area contributed by atoms with E-state index >= 15 is 0 Å². The highest BCUT2D eigenvalue weighted by atomic mass is 32.1. The Balaban J connectivity index is 0.000000131. The van der Waals surface area contributed by atoms with Crippen LogP contribution in [-0.4, -0.2) is 4.98 Å². The number of hydrogen-bond donors (Lipinski definition) is 2. The average molecular weight is 311 g/mol. The van der Waals surface area contributed by atoms with E-state index < -0.39 is 0 Å². The zero-order chi connectivity index (χ0) is 15.4. The van der Waals surface area contributed by atoms with E-state index in [-0.39, 0.29) is 5.63 Å². The van der Waals surface area contributed by atoms with Crippen LogP contribution in [0, 0.1) is 0 Å². The van der Waals surface area contributed by atoms with Crippen molar-refractivity contribution in [3.05, 3.63) is 71.1 Å². The highest BCUT2D eigenvalue weighted by Gasteiger charge is 1.98. The van der Waals surface area contributed by atoms with Crippen LogP contribution in [0.5, 0.6) is 0 Å². The van der Waals surface area contributed by atoms with E-state index in [1.54, 1.807) is 23.5 Å². The SMILES string of the molecule is NNc1nc2ccccc2s1.O=c1ccc2ccccc2o1. The first-order valence-corrected chi connectivity index (χ1v) is 7.39. The van der Waals surface area contributed by atoms with Crippen molar-refractivity contribution in [2.75, 3.05) is 5.43 Å². The van der Waals surface area contributed by atoms with Crippen molar-refractivity contribution in [1.82, 2.24) is 4.98 Å². The minimum atomic E-state index is -0.302. The summed E-state index contributed by atoms with van der Waals surface area (Å²) in [7, 11) is 0. The first kappa shape index (κ1) is 14.2. The Morgan fingerprint density at radius 1 is 1.00 bits per heavy atom. The van der Waals surface area contributed by atoms with Crippen molar-refractivity contribution in [3.8, 4) is 0 Å². The summed E-state index contributed by atoms with van der Waals surface area (Å²) in [6, 6.07) is 18.5. The molecule has 0 unspecified atom stereocenters. The standard InChI is InChI=1S/C9H6O2.C7H7N3S/c10-9-6-5-7-3-1-2-4-8(7)11-9;8-10-7-9-5-3-1-2-4-6(5)11-7/h1-6H;1-4H,8H2,(H,9,10). The molecular weight excluding hydrogens is 298 g/mol. The Hall–Kier alpha value is -2.70. The van der Waals surface area contributed by atoms with Gasteiger partial charge in [0.2, 0.25) is 0 Å². The van der Waals surface area contributed by atoms with E-state index in [1.807, 2.05) is 42.5 Å². The van der Waals surface area contributed by atoms with Crippen LogP contribution in [0.25, 0.3) is 21.2 Å². The lowest BCUT2D eigenvalue weighted by Gasteiger charge is -1.91. The van der Waals surface area contributed by atoms with E-state index in [1.165, 1.54) is 6.07 Å². The van der Waals surface area contributed by atoms with E-state index in [0.29, 0.717) is 5.58 Å². The van der Waals surface area contributed by atoms with E-state index in [0.717, 1.165) is 20.7 Å². The van der Waals surface area contributed by atoms with Gasteiger partial charge in [-0.3, -0.25) is 5.43 Å². The molecule has 4 rings (SSSR count). The molecule has 0 aliphatic heterocycles. The number of fused-ring (bicyclic) bond motifs is 2. The summed E-state index contributed by atoms with van der Waals surface area (Å²) in [5.74, 6) is 5.21. The molecule has 0 fully saturated rings. The minimum absolute atomic E-state index is 0.302. The fourth-order valence-corrected chi connectivity index (χ4v) is 2.72. The first-order chi connectivity index (χ1) is 10.8. The van der Waals surface area contributed by atoms with Crippen molar-refractivity contribution in [2.24, 2.45) is 5.84 Å².